The van der Waals surface area contributed by atoms with Crippen molar-refractivity contribution in [2.45, 2.75) is 116 Å². The van der Waals surface area contributed by atoms with Gasteiger partial charge in [-0.1, -0.05) is 60.8 Å². The first-order chi connectivity index (χ1) is 19.1. The highest BCUT2D eigenvalue weighted by molar-refractivity contribution is 9.09. The van der Waals surface area contributed by atoms with E-state index < -0.39 is 17.2 Å². The number of nitrogens with one attached hydrogen (secondary N) is 2. The van der Waals surface area contributed by atoms with Crippen LogP contribution in [-0.4, -0.2) is 55.2 Å². The minimum absolute atomic E-state index is 0.153. The molecule has 9 heteroatoms. The summed E-state index contributed by atoms with van der Waals surface area (Å²) >= 11 is 3.23. The average Bonchev–Trinajstić information content (AvgIpc) is 3.25. The average molecular weight is 634 g/mol. The number of aryl methyl sites for hydroxylation is 1. The van der Waals surface area contributed by atoms with Crippen molar-refractivity contribution in [3.8, 4) is 6.07 Å². The summed E-state index contributed by atoms with van der Waals surface area (Å²) in [5, 5.41) is 36.5. The second-order valence-corrected chi connectivity index (χ2v) is 13.6. The zero-order valence-corrected chi connectivity index (χ0v) is 27.1. The van der Waals surface area contributed by atoms with E-state index in [0.29, 0.717) is 37.4 Å². The molecule has 2 amide bonds. The lowest BCUT2D eigenvalue weighted by Gasteiger charge is -2.32. The molecule has 1 heterocycles. The summed E-state index contributed by atoms with van der Waals surface area (Å²) in [7, 11) is 0. The second kappa shape index (κ2) is 15.7. The van der Waals surface area contributed by atoms with Crippen LogP contribution in [0.5, 0.6) is 0 Å². The van der Waals surface area contributed by atoms with Crippen molar-refractivity contribution < 1.29 is 19.8 Å². The van der Waals surface area contributed by atoms with Crippen LogP contribution in [0.4, 0.5) is 0 Å². The van der Waals surface area contributed by atoms with Crippen LogP contribution in [0, 0.1) is 23.2 Å². The normalized spacial score (nSPS) is 18.3. The fourth-order valence-corrected chi connectivity index (χ4v) is 5.98. The van der Waals surface area contributed by atoms with Gasteiger partial charge in [0.15, 0.2) is 0 Å². The number of hydrogen-bond acceptors (Lipinski definition) is 5. The van der Waals surface area contributed by atoms with Gasteiger partial charge >= 0.3 is 0 Å². The number of aliphatic hydroxyl groups is 2. The maximum atomic E-state index is 13.4. The molecule has 0 unspecified atom stereocenters. The number of halogens is 1. The highest BCUT2D eigenvalue weighted by atomic mass is 79.9. The standard InChI is InChI=1S/C27H38N4O3.C5H11BrO/c1-18(2)15-20(17-28)29-25(32)21-10-6-7-11-22(21)30-26(33)24-16-19-9-5-8-12-23(19)31(24)14-13-27(3,4)34;1-5(2,7)3-4-6/h5,8-9,12,16,18,20-22,34H,6-7,10-11,13-15H2,1-4H3,(H,29,32)(H,30,33);7H,3-4H2,1-2H3/t20-,21+,22-;/m0./s1. The van der Waals surface area contributed by atoms with Gasteiger partial charge in [-0.15, -0.1) is 0 Å². The Hall–Kier alpha value is -2.41. The first-order valence-electron chi connectivity index (χ1n) is 14.7. The summed E-state index contributed by atoms with van der Waals surface area (Å²) in [6, 6.07) is 11.1. The summed E-state index contributed by atoms with van der Waals surface area (Å²) in [4.78, 5) is 26.5. The van der Waals surface area contributed by atoms with Crippen molar-refractivity contribution in [1.29, 1.82) is 5.26 Å². The monoisotopic (exact) mass is 632 g/mol. The summed E-state index contributed by atoms with van der Waals surface area (Å²) in [6.07, 6.45) is 5.22. The molecule has 228 valence electrons. The summed E-state index contributed by atoms with van der Waals surface area (Å²) in [6.45, 7) is 11.7. The van der Waals surface area contributed by atoms with Crippen molar-refractivity contribution in [1.82, 2.24) is 15.2 Å². The summed E-state index contributed by atoms with van der Waals surface area (Å²) in [5.74, 6) is -0.414. The topological polar surface area (TPSA) is 127 Å². The van der Waals surface area contributed by atoms with Gasteiger partial charge in [0.25, 0.3) is 5.91 Å². The van der Waals surface area contributed by atoms with Crippen LogP contribution >= 0.6 is 15.9 Å². The Morgan fingerprint density at radius 2 is 1.73 bits per heavy atom. The molecule has 41 heavy (non-hydrogen) atoms. The number of aromatic nitrogens is 1. The number of alkyl halides is 1. The SMILES string of the molecule is CC(C)(O)CCBr.CC(C)C[C@@H](C#N)NC(=O)[C@@H]1CCCC[C@@H]1NC(=O)c1cc2ccccc2n1CCC(C)(C)O. The number of carbonyl (C=O) groups is 2. The van der Waals surface area contributed by atoms with Crippen LogP contribution in [0.1, 0.15) is 97.0 Å². The predicted molar refractivity (Wildman–Crippen MR) is 168 cm³/mol. The highest BCUT2D eigenvalue weighted by Crippen LogP contribution is 2.27. The first-order valence-corrected chi connectivity index (χ1v) is 15.9. The second-order valence-electron chi connectivity index (χ2n) is 12.8. The largest absolute Gasteiger partial charge is 0.390 e. The Bertz CT molecular complexity index is 1170. The number of rotatable bonds is 11. The van der Waals surface area contributed by atoms with E-state index in [4.69, 9.17) is 5.11 Å². The zero-order valence-electron chi connectivity index (χ0n) is 25.5. The minimum Gasteiger partial charge on any atom is -0.390 e. The molecular formula is C32H49BrN4O4. The van der Waals surface area contributed by atoms with Crippen molar-refractivity contribution in [2.24, 2.45) is 11.8 Å². The van der Waals surface area contributed by atoms with Crippen molar-refractivity contribution in [3.05, 3.63) is 36.0 Å². The van der Waals surface area contributed by atoms with Gasteiger partial charge in [0, 0.05) is 28.8 Å². The Labute approximate surface area is 254 Å². The van der Waals surface area contributed by atoms with Gasteiger partial charge in [0.05, 0.1) is 23.2 Å². The Morgan fingerprint density at radius 3 is 2.29 bits per heavy atom. The fourth-order valence-electron chi connectivity index (χ4n) is 5.01. The first kappa shape index (κ1) is 34.8. The zero-order chi connectivity index (χ0) is 30.8. The lowest BCUT2D eigenvalue weighted by Crippen LogP contribution is -2.50. The van der Waals surface area contributed by atoms with Crippen LogP contribution in [0.3, 0.4) is 0 Å². The maximum absolute atomic E-state index is 13.4. The number of nitrogens with zero attached hydrogens (tertiary/aromatic N) is 2. The third-order valence-electron chi connectivity index (χ3n) is 7.30. The van der Waals surface area contributed by atoms with Crippen LogP contribution in [0.2, 0.25) is 0 Å². The summed E-state index contributed by atoms with van der Waals surface area (Å²) < 4.78 is 1.95. The highest BCUT2D eigenvalue weighted by Gasteiger charge is 2.34. The van der Waals surface area contributed by atoms with E-state index in [1.165, 1.54) is 0 Å². The molecule has 0 bridgehead atoms. The lowest BCUT2D eigenvalue weighted by molar-refractivity contribution is -0.127. The van der Waals surface area contributed by atoms with Gasteiger partial charge in [0.2, 0.25) is 5.91 Å². The number of carbonyl (C=O) groups excluding carboxylic acids is 2. The number of fused-ring (bicyclic) bond motifs is 1. The van der Waals surface area contributed by atoms with E-state index in [1.807, 2.05) is 48.7 Å². The molecular weight excluding hydrogens is 584 g/mol. The molecule has 1 saturated carbocycles. The van der Waals surface area contributed by atoms with Gasteiger partial charge in [-0.05, 0) is 77.8 Å². The third-order valence-corrected chi connectivity index (χ3v) is 7.69. The Kier molecular flexibility index (Phi) is 13.3. The molecule has 1 aliphatic rings. The van der Waals surface area contributed by atoms with E-state index >= 15 is 0 Å². The summed E-state index contributed by atoms with van der Waals surface area (Å²) in [5.41, 5.74) is 0.132. The predicted octanol–water partition coefficient (Wildman–Crippen LogP) is 5.69. The van der Waals surface area contributed by atoms with Crippen molar-refractivity contribution >= 4 is 38.6 Å². The molecule has 0 spiro atoms. The van der Waals surface area contributed by atoms with Crippen LogP contribution in [-0.2, 0) is 11.3 Å². The quantitative estimate of drug-likeness (QED) is 0.237. The molecule has 1 aromatic heterocycles. The molecule has 1 aliphatic carbocycles. The fraction of sp³-hybridized carbons (Fsp3) is 0.656. The number of para-hydroxylation sites is 1. The molecule has 3 rings (SSSR count). The maximum Gasteiger partial charge on any atom is 0.268 e. The number of benzene rings is 1. The molecule has 0 aliphatic heterocycles. The third kappa shape index (κ3) is 11.8. The Balaban J connectivity index is 0.000000745. The van der Waals surface area contributed by atoms with Gasteiger partial charge < -0.3 is 25.4 Å². The molecule has 0 radical (unpaired) electrons. The van der Waals surface area contributed by atoms with E-state index in [9.17, 15) is 20.0 Å². The van der Waals surface area contributed by atoms with E-state index in [1.54, 1.807) is 27.7 Å². The molecule has 4 N–H and O–H groups in total. The molecule has 2 aromatic rings. The van der Waals surface area contributed by atoms with Crippen LogP contribution < -0.4 is 10.6 Å². The van der Waals surface area contributed by atoms with Gasteiger partial charge in [-0.2, -0.15) is 5.26 Å². The molecule has 1 aromatic carbocycles. The van der Waals surface area contributed by atoms with Crippen molar-refractivity contribution in [2.75, 3.05) is 5.33 Å². The van der Waals surface area contributed by atoms with Crippen LogP contribution in [0.15, 0.2) is 30.3 Å². The molecule has 1 fully saturated rings. The van der Waals surface area contributed by atoms with Gasteiger partial charge in [0.1, 0.15) is 11.7 Å². The van der Waals surface area contributed by atoms with E-state index in [2.05, 4.69) is 32.6 Å². The van der Waals surface area contributed by atoms with Gasteiger partial charge in [-0.25, -0.2) is 0 Å². The van der Waals surface area contributed by atoms with E-state index in [0.717, 1.165) is 41.9 Å². The smallest absolute Gasteiger partial charge is 0.268 e. The number of amides is 2. The lowest BCUT2D eigenvalue weighted by atomic mass is 9.83. The number of hydrogen-bond donors (Lipinski definition) is 4. The van der Waals surface area contributed by atoms with E-state index in [-0.39, 0.29) is 23.8 Å². The Morgan fingerprint density at radius 1 is 1.10 bits per heavy atom. The van der Waals surface area contributed by atoms with Gasteiger partial charge in [-0.3, -0.25) is 9.59 Å². The molecule has 0 saturated heterocycles. The molecule has 8 nitrogen and oxygen atoms in total. The van der Waals surface area contributed by atoms with Crippen molar-refractivity contribution in [3.63, 3.8) is 0 Å². The minimum atomic E-state index is -0.848. The number of nitriles is 1. The van der Waals surface area contributed by atoms with Crippen LogP contribution in [0.25, 0.3) is 10.9 Å². The molecule has 3 atom stereocenters.